The number of nitrogens with zero attached hydrogens (tertiary/aromatic N) is 2. The van der Waals surface area contributed by atoms with E-state index in [1.165, 1.54) is 0 Å². The van der Waals surface area contributed by atoms with Gasteiger partial charge in [0.05, 0.1) is 23.2 Å². The maximum atomic E-state index is 12.7. The molecule has 0 aliphatic rings. The molecule has 0 aliphatic carbocycles. The molecule has 0 aliphatic heterocycles. The van der Waals surface area contributed by atoms with E-state index in [4.69, 9.17) is 14.7 Å². The summed E-state index contributed by atoms with van der Waals surface area (Å²) in [5.41, 5.74) is 2.23. The smallest absolute Gasteiger partial charge is 0.340 e. The molecule has 0 radical (unpaired) electrons. The quantitative estimate of drug-likeness (QED) is 0.411. The Morgan fingerprint density at radius 2 is 2.04 bits per heavy atom. The monoisotopic (exact) mass is 364 g/mol. The first-order valence-corrected chi connectivity index (χ1v) is 9.45. The van der Waals surface area contributed by atoms with Crippen molar-refractivity contribution >= 4 is 22.4 Å². The number of carbonyl (C=O) groups is 1. The van der Waals surface area contributed by atoms with Gasteiger partial charge in [-0.1, -0.05) is 32.8 Å². The summed E-state index contributed by atoms with van der Waals surface area (Å²) in [6.07, 6.45) is 5.03. The molecule has 2 heterocycles. The van der Waals surface area contributed by atoms with Gasteiger partial charge in [0.15, 0.2) is 6.10 Å². The van der Waals surface area contributed by atoms with Crippen molar-refractivity contribution in [3.63, 3.8) is 0 Å². The average Bonchev–Trinajstić information content (AvgIpc) is 3.03. The molecule has 1 unspecified atom stereocenters. The highest BCUT2D eigenvalue weighted by Gasteiger charge is 2.20. The van der Waals surface area contributed by atoms with E-state index in [1.807, 2.05) is 47.9 Å². The summed E-state index contributed by atoms with van der Waals surface area (Å²) in [6, 6.07) is 13.4. The zero-order valence-corrected chi connectivity index (χ0v) is 15.8. The fourth-order valence-electron chi connectivity index (χ4n) is 3.16. The third-order valence-electron chi connectivity index (χ3n) is 4.59. The van der Waals surface area contributed by atoms with Gasteiger partial charge in [-0.3, -0.25) is 0 Å². The molecular formula is C22H24N2O3. The van der Waals surface area contributed by atoms with Crippen molar-refractivity contribution in [1.29, 1.82) is 5.26 Å². The molecule has 3 rings (SSSR count). The second kappa shape index (κ2) is 8.59. The van der Waals surface area contributed by atoms with Crippen LogP contribution in [0.1, 0.15) is 49.9 Å². The standard InChI is InChI=1S/C22H24N2O3/c1-3-5-8-13-26-22(25)21-18-11-10-17(27-16(4-2)15-23)14-20(18)24-12-7-6-9-19(21)24/h6-7,9-12,14,16H,3-5,8,13H2,1-2H3. The Morgan fingerprint density at radius 3 is 2.78 bits per heavy atom. The molecular weight excluding hydrogens is 340 g/mol. The van der Waals surface area contributed by atoms with Gasteiger partial charge >= 0.3 is 5.97 Å². The number of pyridine rings is 1. The maximum absolute atomic E-state index is 12.7. The lowest BCUT2D eigenvalue weighted by Crippen LogP contribution is -2.12. The second-order valence-electron chi connectivity index (χ2n) is 6.50. The van der Waals surface area contributed by atoms with Gasteiger partial charge < -0.3 is 13.9 Å². The van der Waals surface area contributed by atoms with Crippen molar-refractivity contribution in [3.8, 4) is 11.8 Å². The van der Waals surface area contributed by atoms with Crippen LogP contribution in [0.15, 0.2) is 42.6 Å². The fourth-order valence-corrected chi connectivity index (χ4v) is 3.16. The molecule has 0 bridgehead atoms. The van der Waals surface area contributed by atoms with E-state index in [1.54, 1.807) is 6.07 Å². The van der Waals surface area contributed by atoms with Gasteiger partial charge in [0.2, 0.25) is 0 Å². The molecule has 5 heteroatoms. The van der Waals surface area contributed by atoms with Gasteiger partial charge in [-0.15, -0.1) is 0 Å². The van der Waals surface area contributed by atoms with Gasteiger partial charge in [-0.2, -0.15) is 5.26 Å². The average molecular weight is 364 g/mol. The number of aromatic nitrogens is 1. The summed E-state index contributed by atoms with van der Waals surface area (Å²) in [5, 5.41) is 9.95. The van der Waals surface area contributed by atoms with Crippen LogP contribution >= 0.6 is 0 Å². The molecule has 1 aromatic carbocycles. The van der Waals surface area contributed by atoms with E-state index in [9.17, 15) is 4.79 Å². The SMILES string of the molecule is CCCCCOC(=O)c1c2ccc(OC(C#N)CC)cc2n2ccccc12. The number of ether oxygens (including phenoxy) is 2. The van der Waals surface area contributed by atoms with E-state index in [0.29, 0.717) is 24.3 Å². The summed E-state index contributed by atoms with van der Waals surface area (Å²) >= 11 is 0. The number of benzene rings is 1. The fraction of sp³-hybridized carbons (Fsp3) is 0.364. The minimum Gasteiger partial charge on any atom is -0.476 e. The molecule has 140 valence electrons. The number of nitriles is 1. The van der Waals surface area contributed by atoms with Crippen LogP contribution in [0.2, 0.25) is 0 Å². The highest BCUT2D eigenvalue weighted by molar-refractivity contribution is 6.11. The molecule has 0 saturated carbocycles. The number of carbonyl (C=O) groups excluding carboxylic acids is 1. The van der Waals surface area contributed by atoms with E-state index >= 15 is 0 Å². The molecule has 1 atom stereocenters. The Bertz CT molecular complexity index is 984. The van der Waals surface area contributed by atoms with Crippen molar-refractivity contribution in [2.75, 3.05) is 6.61 Å². The van der Waals surface area contributed by atoms with Crippen molar-refractivity contribution < 1.29 is 14.3 Å². The predicted octanol–water partition coefficient (Wildman–Crippen LogP) is 5.12. The second-order valence-corrected chi connectivity index (χ2v) is 6.50. The summed E-state index contributed by atoms with van der Waals surface area (Å²) < 4.78 is 13.2. The van der Waals surface area contributed by atoms with Crippen molar-refractivity contribution in [2.45, 2.75) is 45.6 Å². The third-order valence-corrected chi connectivity index (χ3v) is 4.59. The predicted molar refractivity (Wildman–Crippen MR) is 105 cm³/mol. The zero-order chi connectivity index (χ0) is 19.2. The van der Waals surface area contributed by atoms with E-state index < -0.39 is 6.10 Å². The molecule has 3 aromatic rings. The molecule has 5 nitrogen and oxygen atoms in total. The lowest BCUT2D eigenvalue weighted by Gasteiger charge is -2.10. The van der Waals surface area contributed by atoms with Crippen molar-refractivity contribution in [3.05, 3.63) is 48.2 Å². The lowest BCUT2D eigenvalue weighted by molar-refractivity contribution is 0.0502. The Balaban J connectivity index is 2.00. The van der Waals surface area contributed by atoms with Crippen molar-refractivity contribution in [1.82, 2.24) is 4.40 Å². The highest BCUT2D eigenvalue weighted by Crippen LogP contribution is 2.30. The molecule has 0 N–H and O–H groups in total. The zero-order valence-electron chi connectivity index (χ0n) is 15.8. The van der Waals surface area contributed by atoms with Crippen LogP contribution in [0.3, 0.4) is 0 Å². The van der Waals surface area contributed by atoms with Crippen LogP contribution in [0.25, 0.3) is 16.4 Å². The first-order chi connectivity index (χ1) is 13.2. The van der Waals surface area contributed by atoms with Crippen LogP contribution in [0.4, 0.5) is 0 Å². The molecule has 27 heavy (non-hydrogen) atoms. The van der Waals surface area contributed by atoms with Gasteiger partial charge in [0.25, 0.3) is 0 Å². The summed E-state index contributed by atoms with van der Waals surface area (Å²) in [5.74, 6) is 0.309. The van der Waals surface area contributed by atoms with Gasteiger partial charge in [-0.25, -0.2) is 4.79 Å². The minimum atomic E-state index is -0.489. The minimum absolute atomic E-state index is 0.304. The lowest BCUT2D eigenvalue weighted by atomic mass is 10.1. The van der Waals surface area contributed by atoms with Gasteiger partial charge in [-0.05, 0) is 37.1 Å². The van der Waals surface area contributed by atoms with Crippen LogP contribution in [0.5, 0.6) is 5.75 Å². The first kappa shape index (κ1) is 18.8. The third kappa shape index (κ3) is 3.90. The maximum Gasteiger partial charge on any atom is 0.340 e. The van der Waals surface area contributed by atoms with Crippen molar-refractivity contribution in [2.24, 2.45) is 0 Å². The van der Waals surface area contributed by atoms with Gasteiger partial charge in [0.1, 0.15) is 11.8 Å². The normalized spacial score (nSPS) is 12.0. The Labute approximate surface area is 159 Å². The first-order valence-electron chi connectivity index (χ1n) is 9.45. The largest absolute Gasteiger partial charge is 0.476 e. The topological polar surface area (TPSA) is 63.7 Å². The molecule has 0 saturated heterocycles. The van der Waals surface area contributed by atoms with E-state index in [-0.39, 0.29) is 5.97 Å². The molecule has 0 spiro atoms. The number of hydrogen-bond acceptors (Lipinski definition) is 4. The number of unbranched alkanes of at least 4 members (excludes halogenated alkanes) is 2. The van der Waals surface area contributed by atoms with Crippen LogP contribution in [-0.2, 0) is 4.74 Å². The van der Waals surface area contributed by atoms with Crippen LogP contribution in [0, 0.1) is 11.3 Å². The summed E-state index contributed by atoms with van der Waals surface area (Å²) in [7, 11) is 0. The molecule has 0 fully saturated rings. The summed E-state index contributed by atoms with van der Waals surface area (Å²) in [4.78, 5) is 12.7. The number of rotatable bonds is 8. The van der Waals surface area contributed by atoms with Crippen LogP contribution < -0.4 is 4.74 Å². The molecule has 2 aromatic heterocycles. The van der Waals surface area contributed by atoms with Crippen LogP contribution in [-0.4, -0.2) is 23.1 Å². The number of hydrogen-bond donors (Lipinski definition) is 0. The number of fused-ring (bicyclic) bond motifs is 3. The van der Waals surface area contributed by atoms with E-state index in [0.717, 1.165) is 35.7 Å². The summed E-state index contributed by atoms with van der Waals surface area (Å²) in [6.45, 7) is 4.46. The Hall–Kier alpha value is -3.00. The Morgan fingerprint density at radius 1 is 1.19 bits per heavy atom. The molecule has 0 amide bonds. The van der Waals surface area contributed by atoms with Gasteiger partial charge in [0, 0.05) is 17.6 Å². The highest BCUT2D eigenvalue weighted by atomic mass is 16.5. The van der Waals surface area contributed by atoms with E-state index in [2.05, 4.69) is 13.0 Å². The Kier molecular flexibility index (Phi) is 5.97. The number of esters is 1.